The zero-order valence-electron chi connectivity index (χ0n) is 19.7. The third-order valence-electron chi connectivity index (χ3n) is 6.00. The first-order valence-corrected chi connectivity index (χ1v) is 13.7. The van der Waals surface area contributed by atoms with Crippen LogP contribution >= 0.6 is 34.7 Å². The number of imide groups is 1. The van der Waals surface area contributed by atoms with Crippen molar-refractivity contribution in [2.45, 2.75) is 5.50 Å². The average molecular weight is 563 g/mol. The van der Waals surface area contributed by atoms with Crippen LogP contribution in [-0.2, 0) is 9.63 Å². The molecule has 0 spiro atoms. The molecule has 4 aromatic rings. The number of anilines is 1. The Bertz CT molecular complexity index is 1570. The maximum absolute atomic E-state index is 13.4. The van der Waals surface area contributed by atoms with Gasteiger partial charge in [0.15, 0.2) is 10.6 Å². The van der Waals surface area contributed by atoms with Crippen LogP contribution in [0.25, 0.3) is 16.3 Å². The molecule has 1 N–H and O–H groups in total. The molecule has 3 aromatic carbocycles. The van der Waals surface area contributed by atoms with Crippen molar-refractivity contribution in [2.75, 3.05) is 18.5 Å². The quantitative estimate of drug-likeness (QED) is 0.235. The molecule has 0 bridgehead atoms. The fraction of sp³-hybridized carbons (Fsp3) is 0.111. The maximum atomic E-state index is 13.4. The van der Waals surface area contributed by atoms with Crippen molar-refractivity contribution in [1.29, 1.82) is 0 Å². The highest BCUT2D eigenvalue weighted by atomic mass is 35.5. The van der Waals surface area contributed by atoms with E-state index < -0.39 is 17.3 Å². The van der Waals surface area contributed by atoms with Gasteiger partial charge in [0.25, 0.3) is 17.7 Å². The summed E-state index contributed by atoms with van der Waals surface area (Å²) in [6, 6.07) is 21.6. The van der Waals surface area contributed by atoms with Crippen LogP contribution < -0.4 is 5.32 Å². The van der Waals surface area contributed by atoms with E-state index in [0.29, 0.717) is 26.2 Å². The van der Waals surface area contributed by atoms with Gasteiger partial charge in [-0.1, -0.05) is 77.2 Å². The molecule has 11 heteroatoms. The Balaban J connectivity index is 1.21. The highest BCUT2D eigenvalue weighted by molar-refractivity contribution is 8.05. The topological polar surface area (TPSA) is 91.8 Å². The molecule has 2 aliphatic heterocycles. The minimum Gasteiger partial charge on any atom is -0.332 e. The first kappa shape index (κ1) is 24.6. The standard InChI is InChI=1S/C27H19ClN4O4S2/c28-17-10-11-20-21(15-17)37-26(29-20)30-27-31(25(35)22(38-27)14-16-6-2-1-3-7-16)12-13-36-32-23(33)18-8-4-5-9-19(18)24(32)34/h1-11,14-15,27H,12-13H2,(H,29,30)/b22-14-. The van der Waals surface area contributed by atoms with Crippen molar-refractivity contribution in [3.05, 3.63) is 99.4 Å². The van der Waals surface area contributed by atoms with Crippen LogP contribution in [0, 0.1) is 0 Å². The lowest BCUT2D eigenvalue weighted by molar-refractivity contribution is -0.129. The van der Waals surface area contributed by atoms with Gasteiger partial charge in [0.2, 0.25) is 0 Å². The van der Waals surface area contributed by atoms with Crippen LogP contribution in [0.3, 0.4) is 0 Å². The monoisotopic (exact) mass is 562 g/mol. The first-order chi connectivity index (χ1) is 18.5. The summed E-state index contributed by atoms with van der Waals surface area (Å²) in [7, 11) is 0. The Hall–Kier alpha value is -3.70. The van der Waals surface area contributed by atoms with E-state index in [1.165, 1.54) is 23.1 Å². The molecule has 1 atom stereocenters. The van der Waals surface area contributed by atoms with Crippen LogP contribution in [-0.4, -0.2) is 51.3 Å². The van der Waals surface area contributed by atoms with Crippen LogP contribution in [0.4, 0.5) is 5.13 Å². The maximum Gasteiger partial charge on any atom is 0.285 e. The lowest BCUT2D eigenvalue weighted by Crippen LogP contribution is -2.41. The van der Waals surface area contributed by atoms with Crippen molar-refractivity contribution < 1.29 is 19.2 Å². The molecule has 0 radical (unpaired) electrons. The van der Waals surface area contributed by atoms with Gasteiger partial charge < -0.3 is 10.2 Å². The Morgan fingerprint density at radius 2 is 1.66 bits per heavy atom. The van der Waals surface area contributed by atoms with E-state index in [4.69, 9.17) is 16.4 Å². The number of rotatable bonds is 7. The normalized spacial score (nSPS) is 18.2. The largest absolute Gasteiger partial charge is 0.332 e. The second-order valence-corrected chi connectivity index (χ2v) is 11.0. The number of halogens is 1. The molecule has 38 heavy (non-hydrogen) atoms. The van der Waals surface area contributed by atoms with Gasteiger partial charge >= 0.3 is 0 Å². The predicted molar refractivity (Wildman–Crippen MR) is 149 cm³/mol. The number of hydroxylamine groups is 2. The number of hydrogen-bond acceptors (Lipinski definition) is 8. The van der Waals surface area contributed by atoms with Crippen molar-refractivity contribution in [3.8, 4) is 0 Å². The van der Waals surface area contributed by atoms with Gasteiger partial charge in [0.1, 0.15) is 0 Å². The number of aromatic nitrogens is 1. The highest BCUT2D eigenvalue weighted by Gasteiger charge is 2.39. The van der Waals surface area contributed by atoms with Crippen molar-refractivity contribution in [1.82, 2.24) is 14.9 Å². The number of thioether (sulfide) groups is 1. The van der Waals surface area contributed by atoms with Crippen molar-refractivity contribution in [2.24, 2.45) is 0 Å². The number of hydrogen-bond donors (Lipinski definition) is 1. The predicted octanol–water partition coefficient (Wildman–Crippen LogP) is 5.49. The lowest BCUT2D eigenvalue weighted by atomic mass is 10.1. The summed E-state index contributed by atoms with van der Waals surface area (Å²) in [5.74, 6) is -1.22. The number of nitrogens with zero attached hydrogens (tertiary/aromatic N) is 3. The summed E-state index contributed by atoms with van der Waals surface area (Å²) in [5.41, 5.74) is 1.83. The lowest BCUT2D eigenvalue weighted by Gasteiger charge is -2.24. The Kier molecular flexibility index (Phi) is 6.62. The highest BCUT2D eigenvalue weighted by Crippen LogP contribution is 2.38. The van der Waals surface area contributed by atoms with E-state index >= 15 is 0 Å². The van der Waals surface area contributed by atoms with Gasteiger partial charge in [-0.15, -0.1) is 5.06 Å². The molecular weight excluding hydrogens is 544 g/mol. The molecular formula is C27H19ClN4O4S2. The summed E-state index contributed by atoms with van der Waals surface area (Å²) in [6.07, 6.45) is 1.84. The van der Waals surface area contributed by atoms with Gasteiger partial charge in [-0.3, -0.25) is 19.2 Å². The third kappa shape index (κ3) is 4.67. The zero-order chi connectivity index (χ0) is 26.2. The van der Waals surface area contributed by atoms with Gasteiger partial charge in [0.05, 0.1) is 32.9 Å². The fourth-order valence-corrected chi connectivity index (χ4v) is 6.59. The average Bonchev–Trinajstić information content (AvgIpc) is 3.53. The molecule has 1 aromatic heterocycles. The number of benzene rings is 3. The number of nitrogens with one attached hydrogen (secondary N) is 1. The van der Waals surface area contributed by atoms with Crippen LogP contribution in [0.2, 0.25) is 5.02 Å². The van der Waals surface area contributed by atoms with Crippen LogP contribution in [0.1, 0.15) is 26.3 Å². The van der Waals surface area contributed by atoms with Gasteiger partial charge in [-0.25, -0.2) is 4.98 Å². The van der Waals surface area contributed by atoms with E-state index in [-0.39, 0.29) is 19.1 Å². The molecule has 6 rings (SSSR count). The number of fused-ring (bicyclic) bond motifs is 2. The van der Waals surface area contributed by atoms with Crippen LogP contribution in [0.15, 0.2) is 77.7 Å². The molecule has 2 aliphatic rings. The molecule has 1 saturated heterocycles. The van der Waals surface area contributed by atoms with E-state index in [1.54, 1.807) is 35.2 Å². The summed E-state index contributed by atoms with van der Waals surface area (Å²) in [4.78, 5) is 51.0. The number of amides is 3. The van der Waals surface area contributed by atoms with Crippen LogP contribution in [0.5, 0.6) is 0 Å². The minimum absolute atomic E-state index is 0.0516. The van der Waals surface area contributed by atoms with E-state index in [0.717, 1.165) is 20.8 Å². The third-order valence-corrected chi connectivity index (χ3v) is 8.32. The van der Waals surface area contributed by atoms with E-state index in [9.17, 15) is 14.4 Å². The summed E-state index contributed by atoms with van der Waals surface area (Å²) in [6.45, 7) is 0.0871. The second-order valence-electron chi connectivity index (χ2n) is 8.45. The summed E-state index contributed by atoms with van der Waals surface area (Å²) >= 11 is 8.93. The first-order valence-electron chi connectivity index (χ1n) is 11.7. The zero-order valence-corrected chi connectivity index (χ0v) is 22.1. The molecule has 3 amide bonds. The number of carbonyl (C=O) groups is 3. The molecule has 3 heterocycles. The van der Waals surface area contributed by atoms with Crippen molar-refractivity contribution >= 4 is 73.8 Å². The molecule has 8 nitrogen and oxygen atoms in total. The minimum atomic E-state index is -0.514. The SMILES string of the molecule is O=C1c2ccccc2C(=O)N1OCCN1C(=O)/C(=C/c2ccccc2)SC1Nc1nc2ccc(Cl)cc2s1. The van der Waals surface area contributed by atoms with Gasteiger partial charge in [-0.2, -0.15) is 0 Å². The fourth-order valence-electron chi connectivity index (χ4n) is 4.19. The Labute approximate surface area is 230 Å². The summed E-state index contributed by atoms with van der Waals surface area (Å²) in [5, 5.41) is 5.37. The van der Waals surface area contributed by atoms with E-state index in [1.807, 2.05) is 48.5 Å². The summed E-state index contributed by atoms with van der Waals surface area (Å²) < 4.78 is 0.926. The number of carbonyl (C=O) groups excluding carboxylic acids is 3. The van der Waals surface area contributed by atoms with E-state index in [2.05, 4.69) is 10.3 Å². The van der Waals surface area contributed by atoms with Gasteiger partial charge in [0, 0.05) is 11.6 Å². The van der Waals surface area contributed by atoms with Crippen molar-refractivity contribution in [3.63, 3.8) is 0 Å². The second kappa shape index (κ2) is 10.2. The molecule has 0 saturated carbocycles. The molecule has 1 unspecified atom stereocenters. The molecule has 1 fully saturated rings. The smallest absolute Gasteiger partial charge is 0.285 e. The number of thiazole rings is 1. The molecule has 190 valence electrons. The Morgan fingerprint density at radius 3 is 2.39 bits per heavy atom. The Morgan fingerprint density at radius 1 is 0.947 bits per heavy atom. The molecule has 0 aliphatic carbocycles. The van der Waals surface area contributed by atoms with Gasteiger partial charge in [-0.05, 0) is 42.0 Å².